The molecule has 13 heavy (non-hydrogen) atoms. The minimum Gasteiger partial charge on any atom is -0.317 e. The number of hydrogen-bond donors (Lipinski definition) is 1. The molecule has 0 saturated heterocycles. The molecule has 0 amide bonds. The minimum absolute atomic E-state index is 0.549. The minimum atomic E-state index is 0.549. The van der Waals surface area contributed by atoms with Crippen molar-refractivity contribution in [3.05, 3.63) is 29.8 Å². The van der Waals surface area contributed by atoms with E-state index in [1.807, 2.05) is 18.8 Å². The largest absolute Gasteiger partial charge is 0.317 e. The summed E-state index contributed by atoms with van der Waals surface area (Å²) >= 11 is 1.82. The van der Waals surface area contributed by atoms with E-state index in [9.17, 15) is 0 Å². The second-order valence-electron chi connectivity index (χ2n) is 3.21. The zero-order valence-corrected chi connectivity index (χ0v) is 9.32. The summed E-state index contributed by atoms with van der Waals surface area (Å²) < 4.78 is 0. The van der Waals surface area contributed by atoms with Crippen LogP contribution in [0.5, 0.6) is 0 Å². The molecule has 0 heterocycles. The van der Waals surface area contributed by atoms with Gasteiger partial charge >= 0.3 is 0 Å². The Labute approximate surface area is 84.9 Å². The van der Waals surface area contributed by atoms with Crippen molar-refractivity contribution in [1.82, 2.24) is 5.32 Å². The Morgan fingerprint density at radius 2 is 2.08 bits per heavy atom. The summed E-state index contributed by atoms with van der Waals surface area (Å²) in [5.74, 6) is 0. The molecule has 0 aliphatic carbocycles. The fourth-order valence-corrected chi connectivity index (χ4v) is 1.93. The third kappa shape index (κ3) is 3.05. The van der Waals surface area contributed by atoms with Gasteiger partial charge in [-0.3, -0.25) is 0 Å². The topological polar surface area (TPSA) is 12.0 Å². The molecule has 0 aliphatic heterocycles. The van der Waals surface area contributed by atoms with Gasteiger partial charge in [0.15, 0.2) is 0 Å². The van der Waals surface area contributed by atoms with Crippen molar-refractivity contribution >= 4 is 11.8 Å². The van der Waals surface area contributed by atoms with Crippen LogP contribution in [0.3, 0.4) is 0 Å². The van der Waals surface area contributed by atoms with Crippen LogP contribution in [0.15, 0.2) is 29.2 Å². The first-order chi connectivity index (χ1) is 6.27. The lowest BCUT2D eigenvalue weighted by molar-refractivity contribution is 0.604. The van der Waals surface area contributed by atoms with Crippen LogP contribution < -0.4 is 5.32 Å². The number of likely N-dealkylation sites (N-methyl/N-ethyl adjacent to an activating group) is 1. The fraction of sp³-hybridized carbons (Fsp3) is 0.455. The molecule has 0 bridgehead atoms. The van der Waals surface area contributed by atoms with E-state index in [0.29, 0.717) is 6.04 Å². The van der Waals surface area contributed by atoms with E-state index in [1.165, 1.54) is 10.5 Å². The van der Waals surface area contributed by atoms with Crippen LogP contribution in [0.1, 0.15) is 12.5 Å². The van der Waals surface area contributed by atoms with E-state index in [1.54, 1.807) is 0 Å². The van der Waals surface area contributed by atoms with Crippen molar-refractivity contribution in [3.63, 3.8) is 0 Å². The van der Waals surface area contributed by atoms with Crippen molar-refractivity contribution in [2.75, 3.05) is 13.3 Å². The third-order valence-electron chi connectivity index (χ3n) is 2.21. The Morgan fingerprint density at radius 3 is 2.69 bits per heavy atom. The summed E-state index contributed by atoms with van der Waals surface area (Å²) in [6, 6.07) is 9.15. The predicted octanol–water partition coefficient (Wildman–Crippen LogP) is 2.56. The smallest absolute Gasteiger partial charge is 0.0102 e. The molecule has 1 rings (SSSR count). The average Bonchev–Trinajstić information content (AvgIpc) is 2.18. The summed E-state index contributed by atoms with van der Waals surface area (Å²) in [5.41, 5.74) is 1.44. The van der Waals surface area contributed by atoms with Gasteiger partial charge in [-0.15, -0.1) is 11.8 Å². The third-order valence-corrected chi connectivity index (χ3v) is 3.05. The Balaban J connectivity index is 2.74. The summed E-state index contributed by atoms with van der Waals surface area (Å²) in [5, 5.41) is 3.26. The lowest BCUT2D eigenvalue weighted by Crippen LogP contribution is -2.23. The molecule has 1 unspecified atom stereocenters. The summed E-state index contributed by atoms with van der Waals surface area (Å²) in [6.45, 7) is 2.21. The zero-order chi connectivity index (χ0) is 9.68. The Hall–Kier alpha value is -0.470. The molecule has 2 heteroatoms. The molecular weight excluding hydrogens is 178 g/mol. The average molecular weight is 195 g/mol. The standard InChI is InChI=1S/C11H17NS/c1-9(12-2)8-10-6-4-5-7-11(10)13-3/h4-7,9,12H,8H2,1-3H3. The van der Waals surface area contributed by atoms with Gasteiger partial charge < -0.3 is 5.32 Å². The summed E-state index contributed by atoms with van der Waals surface area (Å²) in [7, 11) is 2.01. The van der Waals surface area contributed by atoms with Crippen molar-refractivity contribution in [2.24, 2.45) is 0 Å². The van der Waals surface area contributed by atoms with Crippen LogP contribution in [0.2, 0.25) is 0 Å². The molecule has 0 aromatic heterocycles. The number of hydrogen-bond acceptors (Lipinski definition) is 2. The van der Waals surface area contributed by atoms with Gasteiger partial charge in [-0.05, 0) is 38.3 Å². The van der Waals surface area contributed by atoms with Crippen LogP contribution in [-0.4, -0.2) is 19.3 Å². The molecule has 1 nitrogen and oxygen atoms in total. The number of rotatable bonds is 4. The normalized spacial score (nSPS) is 12.8. The SMILES string of the molecule is CNC(C)Cc1ccccc1SC. The highest BCUT2D eigenvalue weighted by Gasteiger charge is 2.04. The maximum Gasteiger partial charge on any atom is 0.0102 e. The molecule has 0 aliphatic rings. The maximum atomic E-state index is 3.26. The Bertz CT molecular complexity index is 260. The van der Waals surface area contributed by atoms with Crippen molar-refractivity contribution in [1.29, 1.82) is 0 Å². The molecule has 1 aromatic rings. The zero-order valence-electron chi connectivity index (χ0n) is 8.50. The maximum absolute atomic E-state index is 3.26. The van der Waals surface area contributed by atoms with E-state index in [4.69, 9.17) is 0 Å². The van der Waals surface area contributed by atoms with E-state index >= 15 is 0 Å². The van der Waals surface area contributed by atoms with E-state index in [2.05, 4.69) is 42.8 Å². The lowest BCUT2D eigenvalue weighted by Gasteiger charge is -2.12. The highest BCUT2D eigenvalue weighted by atomic mass is 32.2. The first-order valence-corrected chi connectivity index (χ1v) is 5.79. The first-order valence-electron chi connectivity index (χ1n) is 4.57. The second-order valence-corrected chi connectivity index (χ2v) is 4.05. The molecular formula is C11H17NS. The molecule has 1 N–H and O–H groups in total. The lowest BCUT2D eigenvalue weighted by atomic mass is 10.1. The van der Waals surface area contributed by atoms with Crippen LogP contribution >= 0.6 is 11.8 Å². The van der Waals surface area contributed by atoms with Gasteiger partial charge in [0.2, 0.25) is 0 Å². The number of nitrogens with one attached hydrogen (secondary N) is 1. The van der Waals surface area contributed by atoms with E-state index in [0.717, 1.165) is 6.42 Å². The van der Waals surface area contributed by atoms with Gasteiger partial charge in [0.1, 0.15) is 0 Å². The van der Waals surface area contributed by atoms with Gasteiger partial charge in [0.25, 0.3) is 0 Å². The molecule has 0 spiro atoms. The van der Waals surface area contributed by atoms with Gasteiger partial charge in [-0.2, -0.15) is 0 Å². The van der Waals surface area contributed by atoms with E-state index < -0.39 is 0 Å². The van der Waals surface area contributed by atoms with Gasteiger partial charge in [0.05, 0.1) is 0 Å². The Morgan fingerprint density at radius 1 is 1.38 bits per heavy atom. The number of thioether (sulfide) groups is 1. The van der Waals surface area contributed by atoms with Crippen LogP contribution in [-0.2, 0) is 6.42 Å². The molecule has 0 fully saturated rings. The summed E-state index contributed by atoms with van der Waals surface area (Å²) in [4.78, 5) is 1.39. The van der Waals surface area contributed by atoms with Gasteiger partial charge in [0, 0.05) is 10.9 Å². The highest BCUT2D eigenvalue weighted by Crippen LogP contribution is 2.20. The quantitative estimate of drug-likeness (QED) is 0.741. The highest BCUT2D eigenvalue weighted by molar-refractivity contribution is 7.98. The second kappa shape index (κ2) is 5.30. The molecule has 0 radical (unpaired) electrons. The molecule has 1 aromatic carbocycles. The fourth-order valence-electron chi connectivity index (χ4n) is 1.30. The van der Waals surface area contributed by atoms with Crippen LogP contribution in [0.25, 0.3) is 0 Å². The van der Waals surface area contributed by atoms with Gasteiger partial charge in [-0.25, -0.2) is 0 Å². The van der Waals surface area contributed by atoms with E-state index in [-0.39, 0.29) is 0 Å². The molecule has 72 valence electrons. The van der Waals surface area contributed by atoms with Crippen LogP contribution in [0.4, 0.5) is 0 Å². The first kappa shape index (κ1) is 10.6. The van der Waals surface area contributed by atoms with Gasteiger partial charge in [-0.1, -0.05) is 18.2 Å². The molecule has 1 atom stereocenters. The monoisotopic (exact) mass is 195 g/mol. The summed E-state index contributed by atoms with van der Waals surface area (Å²) in [6.07, 6.45) is 3.23. The van der Waals surface area contributed by atoms with Crippen molar-refractivity contribution in [2.45, 2.75) is 24.3 Å². The predicted molar refractivity (Wildman–Crippen MR) is 60.4 cm³/mol. The van der Waals surface area contributed by atoms with Crippen molar-refractivity contribution in [3.8, 4) is 0 Å². The van der Waals surface area contributed by atoms with Crippen LogP contribution in [0, 0.1) is 0 Å². The Kier molecular flexibility index (Phi) is 4.33. The molecule has 0 saturated carbocycles. The van der Waals surface area contributed by atoms with Crippen molar-refractivity contribution < 1.29 is 0 Å². The number of benzene rings is 1.